The van der Waals surface area contributed by atoms with Gasteiger partial charge in [0.15, 0.2) is 0 Å². The van der Waals surface area contributed by atoms with E-state index < -0.39 is 0 Å². The fourth-order valence-corrected chi connectivity index (χ4v) is 9.43. The van der Waals surface area contributed by atoms with Crippen LogP contribution in [0.1, 0.15) is 17.3 Å². The van der Waals surface area contributed by atoms with Crippen LogP contribution in [0.2, 0.25) is 0 Å². The first-order chi connectivity index (χ1) is 26.8. The van der Waals surface area contributed by atoms with Gasteiger partial charge in [-0.2, -0.15) is 0 Å². The number of benzene rings is 9. The highest BCUT2D eigenvalue weighted by atomic mass is 15.1. The molecule has 1 atom stereocenters. The molecule has 0 bridgehead atoms. The largest absolute Gasteiger partial charge is 0.359 e. The molecule has 250 valence electrons. The van der Waals surface area contributed by atoms with Gasteiger partial charge in [-0.25, -0.2) is 0 Å². The Kier molecular flexibility index (Phi) is 6.14. The van der Waals surface area contributed by atoms with E-state index in [2.05, 4.69) is 187 Å². The van der Waals surface area contributed by atoms with Crippen molar-refractivity contribution in [2.45, 2.75) is 6.17 Å². The van der Waals surface area contributed by atoms with Gasteiger partial charge >= 0.3 is 0 Å². The third-order valence-electron chi connectivity index (χ3n) is 11.8. The predicted octanol–water partition coefficient (Wildman–Crippen LogP) is 11.7. The van der Waals surface area contributed by atoms with Crippen LogP contribution in [0.4, 0.5) is 0 Å². The zero-order chi connectivity index (χ0) is 35.3. The van der Waals surface area contributed by atoms with Crippen molar-refractivity contribution >= 4 is 27.2 Å². The predicted molar refractivity (Wildman–Crippen MR) is 223 cm³/mol. The third kappa shape index (κ3) is 4.19. The standard InChI is InChI=1S/C52H32N2/c1-2-12-31(13-3-1)51-47-18-8-9-23-48(47)53-52(54-51)34-29-32(35-24-26-45-39-16-6-4-14-37(39)43-21-10-19-41(35)49(43)45)28-33(30-34)36-25-27-46-40-17-7-5-15-38(40)44-22-11-20-42(36)50(44)46/h1-30,52,54H. The van der Waals surface area contributed by atoms with E-state index in [4.69, 9.17) is 4.99 Å². The lowest BCUT2D eigenvalue weighted by Gasteiger charge is -2.24. The molecule has 9 aromatic carbocycles. The van der Waals surface area contributed by atoms with Crippen LogP contribution in [0.5, 0.6) is 0 Å². The van der Waals surface area contributed by atoms with Gasteiger partial charge < -0.3 is 5.32 Å². The first kappa shape index (κ1) is 29.5. The van der Waals surface area contributed by atoms with E-state index in [9.17, 15) is 0 Å². The Morgan fingerprint density at radius 1 is 0.352 bits per heavy atom. The highest BCUT2D eigenvalue weighted by Crippen LogP contribution is 2.51. The molecule has 1 N–H and O–H groups in total. The average molecular weight is 685 g/mol. The Labute approximate surface area is 313 Å². The van der Waals surface area contributed by atoms with Gasteiger partial charge in [0.2, 0.25) is 0 Å². The second-order valence-corrected chi connectivity index (χ2v) is 14.6. The Bertz CT molecular complexity index is 2980. The number of rotatable bonds is 4. The van der Waals surface area contributed by atoms with Crippen LogP contribution < -0.4 is 15.9 Å². The van der Waals surface area contributed by atoms with Gasteiger partial charge in [-0.3, -0.25) is 4.99 Å². The summed E-state index contributed by atoms with van der Waals surface area (Å²) in [5.41, 5.74) is 18.7. The minimum Gasteiger partial charge on any atom is -0.359 e. The van der Waals surface area contributed by atoms with Gasteiger partial charge in [0.1, 0.15) is 6.17 Å². The molecular formula is C52H32N2. The molecule has 1 aliphatic heterocycles. The topological polar surface area (TPSA) is 24.4 Å². The van der Waals surface area contributed by atoms with Gasteiger partial charge in [-0.1, -0.05) is 158 Å². The molecule has 0 aromatic heterocycles. The summed E-state index contributed by atoms with van der Waals surface area (Å²) in [4.78, 5) is 5.38. The van der Waals surface area contributed by atoms with E-state index in [1.54, 1.807) is 0 Å². The summed E-state index contributed by atoms with van der Waals surface area (Å²) in [7, 11) is 0. The molecule has 54 heavy (non-hydrogen) atoms. The van der Waals surface area contributed by atoms with E-state index in [1.807, 2.05) is 0 Å². The highest BCUT2D eigenvalue weighted by molar-refractivity contribution is 6.20. The molecule has 9 aromatic rings. The van der Waals surface area contributed by atoms with Crippen molar-refractivity contribution < 1.29 is 0 Å². The Balaban J connectivity index is 1.11. The summed E-state index contributed by atoms with van der Waals surface area (Å²) in [5, 5.41) is 11.2. The summed E-state index contributed by atoms with van der Waals surface area (Å²) >= 11 is 0. The fourth-order valence-electron chi connectivity index (χ4n) is 9.43. The fraction of sp³-hybridized carbons (Fsp3) is 0.0192. The van der Waals surface area contributed by atoms with Crippen LogP contribution >= 0.6 is 0 Å². The molecule has 2 aliphatic carbocycles. The SMILES string of the molecule is c1ccc(C2=c3ccccc3=NC(c3cc(-c4ccc5c6c(cccc46)-c4ccccc4-5)cc(-c4ccc5c6c(cccc46)-c4ccccc4-5)c3)N2)cc1. The first-order valence-corrected chi connectivity index (χ1v) is 18.7. The van der Waals surface area contributed by atoms with Crippen LogP contribution in [0, 0.1) is 0 Å². The van der Waals surface area contributed by atoms with Crippen molar-refractivity contribution in [2.75, 3.05) is 0 Å². The average Bonchev–Trinajstić information content (AvgIpc) is 3.75. The minimum atomic E-state index is -0.282. The minimum absolute atomic E-state index is 0.282. The zero-order valence-corrected chi connectivity index (χ0v) is 29.3. The van der Waals surface area contributed by atoms with Crippen molar-refractivity contribution in [1.29, 1.82) is 0 Å². The summed E-state index contributed by atoms with van der Waals surface area (Å²) in [6.07, 6.45) is -0.282. The Morgan fingerprint density at radius 2 is 0.815 bits per heavy atom. The summed E-state index contributed by atoms with van der Waals surface area (Å²) in [5.74, 6) is 0. The first-order valence-electron chi connectivity index (χ1n) is 18.7. The molecule has 1 unspecified atom stereocenters. The maximum absolute atomic E-state index is 5.38. The van der Waals surface area contributed by atoms with Gasteiger partial charge in [-0.05, 0) is 124 Å². The molecule has 0 saturated carbocycles. The molecule has 0 radical (unpaired) electrons. The maximum Gasteiger partial charge on any atom is 0.145 e. The molecular weight excluding hydrogens is 653 g/mol. The molecule has 0 saturated heterocycles. The number of para-hydroxylation sites is 1. The van der Waals surface area contributed by atoms with Crippen molar-refractivity contribution in [2.24, 2.45) is 4.99 Å². The van der Waals surface area contributed by atoms with E-state index in [1.165, 1.54) is 88.3 Å². The zero-order valence-electron chi connectivity index (χ0n) is 29.3. The van der Waals surface area contributed by atoms with Crippen LogP contribution in [0.25, 0.3) is 94.0 Å². The third-order valence-corrected chi connectivity index (χ3v) is 11.8. The molecule has 0 amide bonds. The number of fused-ring (bicyclic) bond motifs is 7. The van der Waals surface area contributed by atoms with Crippen LogP contribution in [-0.4, -0.2) is 0 Å². The van der Waals surface area contributed by atoms with Crippen molar-refractivity contribution in [1.82, 2.24) is 5.32 Å². The van der Waals surface area contributed by atoms with Gasteiger partial charge in [0.05, 0.1) is 11.1 Å². The quantitative estimate of drug-likeness (QED) is 0.196. The number of hydrogen-bond acceptors (Lipinski definition) is 2. The van der Waals surface area contributed by atoms with E-state index in [0.717, 1.165) is 27.4 Å². The van der Waals surface area contributed by atoms with Crippen LogP contribution in [0.15, 0.2) is 187 Å². The molecule has 1 heterocycles. The number of nitrogens with zero attached hydrogens (tertiary/aromatic N) is 1. The van der Waals surface area contributed by atoms with Crippen LogP contribution in [0.3, 0.4) is 0 Å². The van der Waals surface area contributed by atoms with Crippen molar-refractivity contribution in [3.63, 3.8) is 0 Å². The van der Waals surface area contributed by atoms with Gasteiger partial charge in [-0.15, -0.1) is 0 Å². The summed E-state index contributed by atoms with van der Waals surface area (Å²) < 4.78 is 0. The van der Waals surface area contributed by atoms with Gasteiger partial charge in [0.25, 0.3) is 0 Å². The number of hydrogen-bond donors (Lipinski definition) is 1. The lowest BCUT2D eigenvalue weighted by molar-refractivity contribution is 0.635. The van der Waals surface area contributed by atoms with E-state index in [-0.39, 0.29) is 6.17 Å². The number of nitrogens with one attached hydrogen (secondary N) is 1. The molecule has 2 heteroatoms. The molecule has 3 aliphatic rings. The highest BCUT2D eigenvalue weighted by Gasteiger charge is 2.26. The van der Waals surface area contributed by atoms with Crippen molar-refractivity contribution in [3.8, 4) is 66.8 Å². The second kappa shape index (κ2) is 11.2. The van der Waals surface area contributed by atoms with Crippen LogP contribution in [-0.2, 0) is 0 Å². The second-order valence-electron chi connectivity index (χ2n) is 14.6. The van der Waals surface area contributed by atoms with Gasteiger partial charge in [0, 0.05) is 5.22 Å². The lowest BCUT2D eigenvalue weighted by Crippen LogP contribution is -2.39. The Hall–Kier alpha value is -7.03. The molecule has 12 rings (SSSR count). The van der Waals surface area contributed by atoms with Crippen molar-refractivity contribution in [3.05, 3.63) is 204 Å². The molecule has 0 spiro atoms. The lowest BCUT2D eigenvalue weighted by atomic mass is 9.88. The van der Waals surface area contributed by atoms with E-state index >= 15 is 0 Å². The van der Waals surface area contributed by atoms with E-state index in [0.29, 0.717) is 0 Å². The Morgan fingerprint density at radius 3 is 1.39 bits per heavy atom. The monoisotopic (exact) mass is 684 g/mol. The summed E-state index contributed by atoms with van der Waals surface area (Å²) in [6, 6.07) is 66.8. The maximum atomic E-state index is 5.38. The normalized spacial score (nSPS) is 14.4. The molecule has 0 fully saturated rings. The summed E-state index contributed by atoms with van der Waals surface area (Å²) in [6.45, 7) is 0. The smallest absolute Gasteiger partial charge is 0.145 e. The molecule has 2 nitrogen and oxygen atoms in total.